The summed E-state index contributed by atoms with van der Waals surface area (Å²) < 4.78 is 5.19. The largest absolute Gasteiger partial charge is 0.497 e. The number of ether oxygens (including phenoxy) is 1. The molecule has 0 saturated carbocycles. The number of pyridine rings is 1. The molecule has 0 aliphatic carbocycles. The lowest BCUT2D eigenvalue weighted by Gasteiger charge is -2.14. The molecule has 19 heavy (non-hydrogen) atoms. The summed E-state index contributed by atoms with van der Waals surface area (Å²) in [6, 6.07) is 5.36. The summed E-state index contributed by atoms with van der Waals surface area (Å²) >= 11 is 0. The third-order valence-corrected chi connectivity index (χ3v) is 3.14. The molecular formula is C15H17NO3. The van der Waals surface area contributed by atoms with Crippen LogP contribution >= 0.6 is 0 Å². The summed E-state index contributed by atoms with van der Waals surface area (Å²) in [5.74, 6) is -0.160. The molecule has 0 bridgehead atoms. The Kier molecular flexibility index (Phi) is 3.42. The van der Waals surface area contributed by atoms with Gasteiger partial charge in [0.1, 0.15) is 5.75 Å². The number of hydrogen-bond acceptors (Lipinski definition) is 3. The highest BCUT2D eigenvalue weighted by Crippen LogP contribution is 2.31. The monoisotopic (exact) mass is 259 g/mol. The maximum absolute atomic E-state index is 11.4. The SMILES string of the molecule is COc1cc(C(=O)O)c2nc(C)cc(C(C)C)c2c1. The Bertz CT molecular complexity index is 647. The number of carbonyl (C=O) groups is 1. The molecule has 2 aromatic rings. The second kappa shape index (κ2) is 4.88. The topological polar surface area (TPSA) is 59.4 Å². The molecule has 4 heteroatoms. The fourth-order valence-corrected chi connectivity index (χ4v) is 2.22. The first-order valence-electron chi connectivity index (χ1n) is 6.16. The first kappa shape index (κ1) is 13.3. The summed E-state index contributed by atoms with van der Waals surface area (Å²) in [5.41, 5.74) is 2.62. The van der Waals surface area contributed by atoms with Crippen LogP contribution < -0.4 is 4.74 Å². The molecular weight excluding hydrogens is 242 g/mol. The average molecular weight is 259 g/mol. The quantitative estimate of drug-likeness (QED) is 0.918. The maximum atomic E-state index is 11.4. The van der Waals surface area contributed by atoms with Gasteiger partial charge in [-0.15, -0.1) is 0 Å². The van der Waals surface area contributed by atoms with E-state index in [1.165, 1.54) is 13.2 Å². The summed E-state index contributed by atoms with van der Waals surface area (Å²) in [7, 11) is 1.53. The second-order valence-corrected chi connectivity index (χ2v) is 4.88. The predicted octanol–water partition coefficient (Wildman–Crippen LogP) is 3.37. The van der Waals surface area contributed by atoms with E-state index in [-0.39, 0.29) is 11.5 Å². The molecule has 1 aromatic carbocycles. The van der Waals surface area contributed by atoms with E-state index in [0.29, 0.717) is 11.3 Å². The lowest BCUT2D eigenvalue weighted by atomic mass is 9.96. The molecule has 0 amide bonds. The highest BCUT2D eigenvalue weighted by molar-refractivity contribution is 6.03. The fraction of sp³-hybridized carbons (Fsp3) is 0.333. The van der Waals surface area contributed by atoms with Gasteiger partial charge in [-0.2, -0.15) is 0 Å². The molecule has 0 saturated heterocycles. The molecule has 0 radical (unpaired) electrons. The minimum atomic E-state index is -0.989. The molecule has 1 heterocycles. The normalized spacial score (nSPS) is 11.0. The van der Waals surface area contributed by atoms with Crippen LogP contribution in [0.3, 0.4) is 0 Å². The van der Waals surface area contributed by atoms with Gasteiger partial charge in [0, 0.05) is 11.1 Å². The van der Waals surface area contributed by atoms with E-state index in [9.17, 15) is 9.90 Å². The van der Waals surface area contributed by atoms with Crippen molar-refractivity contribution < 1.29 is 14.6 Å². The highest BCUT2D eigenvalue weighted by Gasteiger charge is 2.16. The molecule has 1 aromatic heterocycles. The van der Waals surface area contributed by atoms with Gasteiger partial charge in [0.05, 0.1) is 18.2 Å². The zero-order valence-corrected chi connectivity index (χ0v) is 11.5. The average Bonchev–Trinajstić information content (AvgIpc) is 2.36. The van der Waals surface area contributed by atoms with Gasteiger partial charge in [0.15, 0.2) is 0 Å². The van der Waals surface area contributed by atoms with Gasteiger partial charge in [0.25, 0.3) is 0 Å². The lowest BCUT2D eigenvalue weighted by Crippen LogP contribution is -2.03. The molecule has 2 rings (SSSR count). The molecule has 0 fully saturated rings. The number of carboxylic acid groups (broad SMARTS) is 1. The maximum Gasteiger partial charge on any atom is 0.338 e. The van der Waals surface area contributed by atoms with Crippen molar-refractivity contribution in [1.29, 1.82) is 0 Å². The Morgan fingerprint density at radius 3 is 2.53 bits per heavy atom. The van der Waals surface area contributed by atoms with Crippen LogP contribution in [0.1, 0.15) is 41.4 Å². The van der Waals surface area contributed by atoms with E-state index in [4.69, 9.17) is 4.74 Å². The van der Waals surface area contributed by atoms with E-state index in [0.717, 1.165) is 16.6 Å². The number of carboxylic acids is 1. The number of aromatic nitrogens is 1. The summed E-state index contributed by atoms with van der Waals surface area (Å²) in [6.45, 7) is 6.03. The van der Waals surface area contributed by atoms with Crippen LogP contribution in [0.5, 0.6) is 5.75 Å². The Labute approximate surface area is 112 Å². The van der Waals surface area contributed by atoms with Crippen LogP contribution in [0.2, 0.25) is 0 Å². The summed E-state index contributed by atoms with van der Waals surface area (Å²) in [5, 5.41) is 10.2. The van der Waals surface area contributed by atoms with Gasteiger partial charge >= 0.3 is 5.97 Å². The first-order chi connectivity index (χ1) is 8.93. The van der Waals surface area contributed by atoms with Crippen molar-refractivity contribution in [2.75, 3.05) is 7.11 Å². The second-order valence-electron chi connectivity index (χ2n) is 4.88. The lowest BCUT2D eigenvalue weighted by molar-refractivity contribution is 0.0698. The summed E-state index contributed by atoms with van der Waals surface area (Å²) in [4.78, 5) is 15.8. The third kappa shape index (κ3) is 2.38. The van der Waals surface area contributed by atoms with Crippen LogP contribution in [0.15, 0.2) is 18.2 Å². The minimum absolute atomic E-state index is 0.181. The van der Waals surface area contributed by atoms with Crippen molar-refractivity contribution in [3.05, 3.63) is 35.0 Å². The zero-order chi connectivity index (χ0) is 14.2. The van der Waals surface area contributed by atoms with E-state index < -0.39 is 5.97 Å². The smallest absolute Gasteiger partial charge is 0.338 e. The third-order valence-electron chi connectivity index (χ3n) is 3.14. The van der Waals surface area contributed by atoms with Crippen molar-refractivity contribution in [2.24, 2.45) is 0 Å². The fourth-order valence-electron chi connectivity index (χ4n) is 2.22. The molecule has 0 unspecified atom stereocenters. The van der Waals surface area contributed by atoms with Gasteiger partial charge in [-0.3, -0.25) is 4.98 Å². The van der Waals surface area contributed by atoms with Gasteiger partial charge in [0.2, 0.25) is 0 Å². The van der Waals surface area contributed by atoms with Crippen LogP contribution in [0, 0.1) is 6.92 Å². The molecule has 0 spiro atoms. The van der Waals surface area contributed by atoms with E-state index in [2.05, 4.69) is 18.8 Å². The highest BCUT2D eigenvalue weighted by atomic mass is 16.5. The van der Waals surface area contributed by atoms with Crippen LogP contribution in [-0.2, 0) is 0 Å². The van der Waals surface area contributed by atoms with Crippen molar-refractivity contribution >= 4 is 16.9 Å². The number of rotatable bonds is 3. The van der Waals surface area contributed by atoms with Crippen molar-refractivity contribution in [2.45, 2.75) is 26.7 Å². The number of hydrogen-bond donors (Lipinski definition) is 1. The first-order valence-corrected chi connectivity index (χ1v) is 6.16. The van der Waals surface area contributed by atoms with Gasteiger partial charge < -0.3 is 9.84 Å². The van der Waals surface area contributed by atoms with Gasteiger partial charge in [-0.25, -0.2) is 4.79 Å². The Hall–Kier alpha value is -2.10. The predicted molar refractivity (Wildman–Crippen MR) is 74.1 cm³/mol. The summed E-state index contributed by atoms with van der Waals surface area (Å²) in [6.07, 6.45) is 0. The standard InChI is InChI=1S/C15H17NO3/c1-8(2)11-5-9(3)16-14-12(11)6-10(19-4)7-13(14)15(17)18/h5-8H,1-4H3,(H,17,18). The zero-order valence-electron chi connectivity index (χ0n) is 11.5. The molecule has 0 atom stereocenters. The minimum Gasteiger partial charge on any atom is -0.497 e. The van der Waals surface area contributed by atoms with E-state index in [1.807, 2.05) is 19.1 Å². The number of methoxy groups -OCH3 is 1. The van der Waals surface area contributed by atoms with Gasteiger partial charge in [-0.05, 0) is 36.6 Å². The van der Waals surface area contributed by atoms with Crippen LogP contribution in [-0.4, -0.2) is 23.2 Å². The number of aryl methyl sites for hydroxylation is 1. The van der Waals surface area contributed by atoms with Crippen molar-refractivity contribution in [1.82, 2.24) is 4.98 Å². The Morgan fingerprint density at radius 1 is 1.32 bits per heavy atom. The number of nitrogens with zero attached hydrogens (tertiary/aromatic N) is 1. The van der Waals surface area contributed by atoms with Crippen molar-refractivity contribution in [3.63, 3.8) is 0 Å². The number of aromatic carboxylic acids is 1. The number of benzene rings is 1. The van der Waals surface area contributed by atoms with Crippen molar-refractivity contribution in [3.8, 4) is 5.75 Å². The Balaban J connectivity index is 2.92. The Morgan fingerprint density at radius 2 is 2.00 bits per heavy atom. The molecule has 1 N–H and O–H groups in total. The molecule has 100 valence electrons. The van der Waals surface area contributed by atoms with E-state index >= 15 is 0 Å². The number of fused-ring (bicyclic) bond motifs is 1. The van der Waals surface area contributed by atoms with Crippen LogP contribution in [0.25, 0.3) is 10.9 Å². The molecule has 0 aliphatic rings. The van der Waals surface area contributed by atoms with Crippen LogP contribution in [0.4, 0.5) is 0 Å². The van der Waals surface area contributed by atoms with E-state index in [1.54, 1.807) is 0 Å². The molecule has 0 aliphatic heterocycles. The molecule has 4 nitrogen and oxygen atoms in total. The van der Waals surface area contributed by atoms with Gasteiger partial charge in [-0.1, -0.05) is 13.8 Å².